The van der Waals surface area contributed by atoms with Gasteiger partial charge in [0.25, 0.3) is 5.91 Å². The normalized spacial score (nSPS) is 13.2. The quantitative estimate of drug-likeness (QED) is 0.757. The van der Waals surface area contributed by atoms with E-state index in [9.17, 15) is 4.79 Å². The van der Waals surface area contributed by atoms with Gasteiger partial charge in [0.15, 0.2) is 6.61 Å². The first-order valence-electron chi connectivity index (χ1n) is 7.13. The van der Waals surface area contributed by atoms with Crippen molar-refractivity contribution in [1.29, 1.82) is 0 Å². The zero-order valence-corrected chi connectivity index (χ0v) is 12.3. The molecule has 0 bridgehead atoms. The highest BCUT2D eigenvalue weighted by atomic mass is 16.5. The predicted molar refractivity (Wildman–Crippen MR) is 83.9 cm³/mol. The van der Waals surface area contributed by atoms with Crippen molar-refractivity contribution in [2.45, 2.75) is 6.92 Å². The Morgan fingerprint density at radius 1 is 1.22 bits per heavy atom. The molecule has 3 aromatic rings. The smallest absolute Gasteiger partial charge is 0.262 e. The van der Waals surface area contributed by atoms with Crippen molar-refractivity contribution in [2.24, 2.45) is 0 Å². The zero-order chi connectivity index (χ0) is 15.8. The molecule has 23 heavy (non-hydrogen) atoms. The fourth-order valence-electron chi connectivity index (χ4n) is 2.52. The van der Waals surface area contributed by atoms with Crippen molar-refractivity contribution >= 4 is 11.6 Å². The van der Waals surface area contributed by atoms with Crippen molar-refractivity contribution in [2.75, 3.05) is 11.9 Å². The topological polar surface area (TPSA) is 92.8 Å². The van der Waals surface area contributed by atoms with Crippen molar-refractivity contribution in [3.8, 4) is 28.4 Å². The van der Waals surface area contributed by atoms with Crippen LogP contribution in [-0.2, 0) is 4.79 Å². The van der Waals surface area contributed by atoms with E-state index >= 15 is 0 Å². The number of hydrogen-bond donors (Lipinski definition) is 2. The highest BCUT2D eigenvalue weighted by molar-refractivity contribution is 5.96. The third-order valence-corrected chi connectivity index (χ3v) is 3.58. The average molecular weight is 307 g/mol. The molecule has 114 valence electrons. The third kappa shape index (κ3) is 2.42. The van der Waals surface area contributed by atoms with Crippen LogP contribution in [0.15, 0.2) is 36.4 Å². The van der Waals surface area contributed by atoms with Gasteiger partial charge in [-0.1, -0.05) is 11.3 Å². The number of nitrogens with zero attached hydrogens (tertiary/aromatic N) is 3. The third-order valence-electron chi connectivity index (χ3n) is 3.58. The van der Waals surface area contributed by atoms with Crippen LogP contribution < -0.4 is 10.1 Å². The van der Waals surface area contributed by atoms with Crippen LogP contribution in [-0.4, -0.2) is 32.9 Å². The van der Waals surface area contributed by atoms with E-state index in [4.69, 9.17) is 4.74 Å². The molecule has 2 aromatic heterocycles. The number of carbonyl (C=O) groups excluding carboxylic acids is 1. The molecule has 7 heteroatoms. The van der Waals surface area contributed by atoms with Crippen molar-refractivity contribution in [3.63, 3.8) is 0 Å². The molecule has 0 spiro atoms. The van der Waals surface area contributed by atoms with E-state index in [0.717, 1.165) is 22.6 Å². The van der Waals surface area contributed by atoms with E-state index in [1.54, 1.807) is 0 Å². The Kier molecular flexibility index (Phi) is 3.04. The Morgan fingerprint density at radius 2 is 2.13 bits per heavy atom. The van der Waals surface area contributed by atoms with Crippen molar-refractivity contribution < 1.29 is 9.53 Å². The summed E-state index contributed by atoms with van der Waals surface area (Å²) in [6, 6.07) is 11.3. The van der Waals surface area contributed by atoms with E-state index in [2.05, 4.69) is 25.7 Å². The molecule has 3 heterocycles. The fourth-order valence-corrected chi connectivity index (χ4v) is 2.52. The molecule has 0 aliphatic carbocycles. The largest absolute Gasteiger partial charge is 0.482 e. The second-order valence-corrected chi connectivity index (χ2v) is 5.25. The molecule has 0 saturated carbocycles. The van der Waals surface area contributed by atoms with Crippen LogP contribution in [0.2, 0.25) is 0 Å². The number of aromatic nitrogens is 4. The number of nitrogens with one attached hydrogen (secondary N) is 2. The second-order valence-electron chi connectivity index (χ2n) is 5.25. The summed E-state index contributed by atoms with van der Waals surface area (Å²) in [4.78, 5) is 16.0. The summed E-state index contributed by atoms with van der Waals surface area (Å²) in [6.45, 7) is 1.97. The van der Waals surface area contributed by atoms with Crippen molar-refractivity contribution in [1.82, 2.24) is 20.4 Å². The van der Waals surface area contributed by atoms with E-state index in [1.807, 2.05) is 43.3 Å². The molecule has 4 rings (SSSR count). The number of benzene rings is 1. The maximum Gasteiger partial charge on any atom is 0.262 e. The molecule has 1 aliphatic rings. The molecule has 1 amide bonds. The molecular formula is C16H13N5O2. The van der Waals surface area contributed by atoms with E-state index in [-0.39, 0.29) is 12.5 Å². The minimum absolute atomic E-state index is 0.0365. The Labute approximate surface area is 131 Å². The van der Waals surface area contributed by atoms with Gasteiger partial charge in [0.2, 0.25) is 0 Å². The lowest BCUT2D eigenvalue weighted by Gasteiger charge is -2.18. The van der Waals surface area contributed by atoms with Gasteiger partial charge in [0, 0.05) is 11.3 Å². The summed E-state index contributed by atoms with van der Waals surface area (Å²) in [5.74, 6) is 0.474. The summed E-state index contributed by atoms with van der Waals surface area (Å²) in [7, 11) is 0. The van der Waals surface area contributed by atoms with Crippen LogP contribution >= 0.6 is 0 Å². The van der Waals surface area contributed by atoms with Crippen LogP contribution in [0.25, 0.3) is 22.6 Å². The molecule has 7 nitrogen and oxygen atoms in total. The molecule has 0 saturated heterocycles. The van der Waals surface area contributed by atoms with E-state index < -0.39 is 0 Å². The number of pyridine rings is 1. The monoisotopic (exact) mass is 307 g/mol. The van der Waals surface area contributed by atoms with E-state index in [1.165, 1.54) is 0 Å². The summed E-state index contributed by atoms with van der Waals surface area (Å²) in [5, 5.41) is 13.7. The van der Waals surface area contributed by atoms with Gasteiger partial charge in [0.1, 0.15) is 17.1 Å². The Morgan fingerprint density at radius 3 is 3.00 bits per heavy atom. The number of rotatable bonds is 2. The lowest BCUT2D eigenvalue weighted by molar-refractivity contribution is -0.118. The molecule has 0 atom stereocenters. The zero-order valence-electron chi connectivity index (χ0n) is 12.3. The summed E-state index contributed by atoms with van der Waals surface area (Å²) in [6.07, 6.45) is 0. The van der Waals surface area contributed by atoms with Gasteiger partial charge >= 0.3 is 0 Å². The first-order chi connectivity index (χ1) is 11.2. The standard InChI is InChI=1S/C16H13N5O2/c1-9-3-2-4-11(17-9)16-15(19-21-20-16)10-5-6-13-12(7-10)18-14(22)8-23-13/h2-7H,8H2,1H3,(H,18,22)(H,19,20,21). The number of anilines is 1. The number of aromatic amines is 1. The fraction of sp³-hybridized carbons (Fsp3) is 0.125. The summed E-state index contributed by atoms with van der Waals surface area (Å²) in [5.41, 5.74) is 4.53. The van der Waals surface area contributed by atoms with Gasteiger partial charge in [-0.2, -0.15) is 0 Å². The maximum atomic E-state index is 11.5. The summed E-state index contributed by atoms with van der Waals surface area (Å²) >= 11 is 0. The summed E-state index contributed by atoms with van der Waals surface area (Å²) < 4.78 is 5.37. The van der Waals surface area contributed by atoms with Crippen LogP contribution in [0.4, 0.5) is 5.69 Å². The number of aryl methyl sites for hydroxylation is 1. The van der Waals surface area contributed by atoms with Gasteiger partial charge in [0.05, 0.1) is 11.4 Å². The molecular weight excluding hydrogens is 294 g/mol. The van der Waals surface area contributed by atoms with Gasteiger partial charge < -0.3 is 10.1 Å². The van der Waals surface area contributed by atoms with Gasteiger partial charge in [-0.05, 0) is 37.3 Å². The molecule has 0 unspecified atom stereocenters. The Hall–Kier alpha value is -3.22. The van der Waals surface area contributed by atoms with Crippen LogP contribution in [0.5, 0.6) is 5.75 Å². The van der Waals surface area contributed by atoms with E-state index in [0.29, 0.717) is 17.1 Å². The first kappa shape index (κ1) is 13.4. The first-order valence-corrected chi connectivity index (χ1v) is 7.13. The number of ether oxygens (including phenoxy) is 1. The van der Waals surface area contributed by atoms with Gasteiger partial charge in [-0.25, -0.2) is 0 Å². The molecule has 1 aliphatic heterocycles. The van der Waals surface area contributed by atoms with Crippen molar-refractivity contribution in [3.05, 3.63) is 42.1 Å². The highest BCUT2D eigenvalue weighted by Gasteiger charge is 2.19. The lowest BCUT2D eigenvalue weighted by Crippen LogP contribution is -2.25. The average Bonchev–Trinajstić information content (AvgIpc) is 3.03. The van der Waals surface area contributed by atoms with Crippen LogP contribution in [0.3, 0.4) is 0 Å². The predicted octanol–water partition coefficient (Wildman–Crippen LogP) is 2.17. The molecule has 0 radical (unpaired) electrons. The second kappa shape index (κ2) is 5.20. The number of fused-ring (bicyclic) bond motifs is 1. The number of H-pyrrole nitrogens is 1. The van der Waals surface area contributed by atoms with Crippen LogP contribution in [0, 0.1) is 6.92 Å². The maximum absolute atomic E-state index is 11.5. The van der Waals surface area contributed by atoms with Gasteiger partial charge in [-0.3, -0.25) is 14.9 Å². The van der Waals surface area contributed by atoms with Gasteiger partial charge in [-0.15, -0.1) is 5.10 Å². The number of carbonyl (C=O) groups is 1. The Bertz CT molecular complexity index is 903. The van der Waals surface area contributed by atoms with Crippen LogP contribution in [0.1, 0.15) is 5.69 Å². The minimum Gasteiger partial charge on any atom is -0.482 e. The minimum atomic E-state index is -0.171. The molecule has 2 N–H and O–H groups in total. The lowest BCUT2D eigenvalue weighted by atomic mass is 10.1. The number of amides is 1. The number of hydrogen-bond acceptors (Lipinski definition) is 5. The Balaban J connectivity index is 1.79. The molecule has 0 fully saturated rings. The SMILES string of the molecule is Cc1cccc(-c2[nH]nnc2-c2ccc3c(c2)NC(=O)CO3)n1. The highest BCUT2D eigenvalue weighted by Crippen LogP contribution is 2.34. The molecule has 1 aromatic carbocycles.